The first-order valence-electron chi connectivity index (χ1n) is 7.21. The van der Waals surface area contributed by atoms with Gasteiger partial charge in [-0.05, 0) is 24.5 Å². The van der Waals surface area contributed by atoms with Gasteiger partial charge in [0.05, 0.1) is 5.92 Å². The number of piperidine rings is 1. The minimum absolute atomic E-state index is 0.00936. The Morgan fingerprint density at radius 3 is 2.95 bits per heavy atom. The molecule has 1 saturated heterocycles. The lowest BCUT2D eigenvalue weighted by Crippen LogP contribution is -2.48. The van der Waals surface area contributed by atoms with Gasteiger partial charge in [-0.2, -0.15) is 0 Å². The average Bonchev–Trinajstić information content (AvgIpc) is 2.53. The molecule has 6 nitrogen and oxygen atoms in total. The van der Waals surface area contributed by atoms with Crippen LogP contribution in [-0.4, -0.2) is 53.9 Å². The van der Waals surface area contributed by atoms with Crippen LogP contribution in [0.4, 0.5) is 4.79 Å². The molecule has 1 aromatic heterocycles. The Kier molecular flexibility index (Phi) is 5.14. The van der Waals surface area contributed by atoms with Crippen LogP contribution in [0.25, 0.3) is 0 Å². The van der Waals surface area contributed by atoms with Gasteiger partial charge in [0.15, 0.2) is 0 Å². The number of hydrogen-bond acceptors (Lipinski definition) is 3. The zero-order valence-corrected chi connectivity index (χ0v) is 12.6. The Morgan fingerprint density at radius 1 is 1.48 bits per heavy atom. The molecule has 2 heterocycles. The third kappa shape index (κ3) is 4.18. The second kappa shape index (κ2) is 7.06. The molecule has 1 fully saturated rings. The summed E-state index contributed by atoms with van der Waals surface area (Å²) in [7, 11) is 3.46. The quantitative estimate of drug-likeness (QED) is 0.906. The number of hydrogen-bond donors (Lipinski definition) is 1. The van der Waals surface area contributed by atoms with Gasteiger partial charge in [0, 0.05) is 46.1 Å². The van der Waals surface area contributed by atoms with Crippen LogP contribution in [0.3, 0.4) is 0 Å². The van der Waals surface area contributed by atoms with E-state index in [-0.39, 0.29) is 17.9 Å². The monoisotopic (exact) mass is 290 g/mol. The van der Waals surface area contributed by atoms with E-state index in [4.69, 9.17) is 0 Å². The molecule has 0 aliphatic carbocycles. The summed E-state index contributed by atoms with van der Waals surface area (Å²) in [5.74, 6) is -0.116. The van der Waals surface area contributed by atoms with Gasteiger partial charge in [0.1, 0.15) is 0 Å². The summed E-state index contributed by atoms with van der Waals surface area (Å²) < 4.78 is 0. The Hall–Kier alpha value is -2.11. The number of aromatic nitrogens is 1. The molecule has 1 aliphatic rings. The first-order valence-corrected chi connectivity index (χ1v) is 7.21. The smallest absolute Gasteiger partial charge is 0.319 e. The van der Waals surface area contributed by atoms with E-state index in [2.05, 4.69) is 10.3 Å². The number of nitrogens with zero attached hydrogens (tertiary/aromatic N) is 3. The normalized spacial score (nSPS) is 18.2. The van der Waals surface area contributed by atoms with Crippen LogP contribution in [0.2, 0.25) is 0 Å². The lowest BCUT2D eigenvalue weighted by atomic mass is 9.97. The fraction of sp³-hybridized carbons (Fsp3) is 0.533. The van der Waals surface area contributed by atoms with E-state index in [1.165, 1.54) is 0 Å². The van der Waals surface area contributed by atoms with Gasteiger partial charge in [0.2, 0.25) is 5.91 Å². The summed E-state index contributed by atoms with van der Waals surface area (Å²) in [6, 6.07) is 3.75. The molecule has 21 heavy (non-hydrogen) atoms. The highest BCUT2D eigenvalue weighted by Gasteiger charge is 2.28. The molecule has 114 valence electrons. The fourth-order valence-electron chi connectivity index (χ4n) is 2.48. The van der Waals surface area contributed by atoms with Gasteiger partial charge in [-0.15, -0.1) is 0 Å². The Labute approximate surface area is 125 Å². The highest BCUT2D eigenvalue weighted by molar-refractivity contribution is 5.80. The van der Waals surface area contributed by atoms with E-state index in [9.17, 15) is 9.59 Å². The van der Waals surface area contributed by atoms with Gasteiger partial charge in [-0.3, -0.25) is 9.78 Å². The second-order valence-electron chi connectivity index (χ2n) is 5.54. The van der Waals surface area contributed by atoms with Crippen molar-refractivity contribution in [1.29, 1.82) is 0 Å². The standard InChI is InChI=1S/C15H22N4O2/c1-18(2)15(21)19-8-4-6-13(11-19)14(20)17-10-12-5-3-7-16-9-12/h3,5,7,9,13H,4,6,8,10-11H2,1-2H3,(H,17,20). The van der Waals surface area contributed by atoms with E-state index in [1.54, 1.807) is 36.3 Å². The van der Waals surface area contributed by atoms with Crippen molar-refractivity contribution >= 4 is 11.9 Å². The van der Waals surface area contributed by atoms with Crippen molar-refractivity contribution in [2.24, 2.45) is 5.92 Å². The first-order chi connectivity index (χ1) is 10.1. The summed E-state index contributed by atoms with van der Waals surface area (Å²) in [5.41, 5.74) is 0.975. The molecule has 0 aromatic carbocycles. The highest BCUT2D eigenvalue weighted by atomic mass is 16.2. The molecule has 0 spiro atoms. The summed E-state index contributed by atoms with van der Waals surface area (Å²) in [4.78, 5) is 31.5. The molecular formula is C15H22N4O2. The molecule has 0 saturated carbocycles. The molecule has 0 radical (unpaired) electrons. The molecule has 2 rings (SSSR count). The molecule has 1 aliphatic heterocycles. The predicted octanol–water partition coefficient (Wildman–Crippen LogP) is 1.09. The van der Waals surface area contributed by atoms with Gasteiger partial charge < -0.3 is 15.1 Å². The van der Waals surface area contributed by atoms with E-state index >= 15 is 0 Å². The van der Waals surface area contributed by atoms with Crippen molar-refractivity contribution in [3.8, 4) is 0 Å². The largest absolute Gasteiger partial charge is 0.352 e. The van der Waals surface area contributed by atoms with E-state index in [0.717, 1.165) is 24.9 Å². The molecule has 1 atom stereocenters. The number of carbonyl (C=O) groups is 2. The number of urea groups is 1. The maximum absolute atomic E-state index is 12.2. The minimum Gasteiger partial charge on any atom is -0.352 e. The fourth-order valence-corrected chi connectivity index (χ4v) is 2.48. The van der Waals surface area contributed by atoms with Crippen LogP contribution in [0.5, 0.6) is 0 Å². The zero-order chi connectivity index (χ0) is 15.2. The minimum atomic E-state index is -0.126. The summed E-state index contributed by atoms with van der Waals surface area (Å²) in [6.45, 7) is 1.70. The number of carbonyl (C=O) groups excluding carboxylic acids is 2. The van der Waals surface area contributed by atoms with Crippen LogP contribution >= 0.6 is 0 Å². The predicted molar refractivity (Wildman–Crippen MR) is 79.5 cm³/mol. The van der Waals surface area contributed by atoms with Crippen LogP contribution in [0.15, 0.2) is 24.5 Å². The van der Waals surface area contributed by atoms with Gasteiger partial charge in [0.25, 0.3) is 0 Å². The van der Waals surface area contributed by atoms with Crippen LogP contribution in [0, 0.1) is 5.92 Å². The molecule has 1 unspecified atom stereocenters. The van der Waals surface area contributed by atoms with Crippen LogP contribution in [-0.2, 0) is 11.3 Å². The number of pyridine rings is 1. The number of likely N-dealkylation sites (tertiary alicyclic amines) is 1. The molecule has 1 aromatic rings. The van der Waals surface area contributed by atoms with Crippen molar-refractivity contribution in [3.05, 3.63) is 30.1 Å². The van der Waals surface area contributed by atoms with Crippen molar-refractivity contribution < 1.29 is 9.59 Å². The van der Waals surface area contributed by atoms with Crippen molar-refractivity contribution in [1.82, 2.24) is 20.1 Å². The lowest BCUT2D eigenvalue weighted by molar-refractivity contribution is -0.126. The van der Waals surface area contributed by atoms with Crippen molar-refractivity contribution in [2.75, 3.05) is 27.2 Å². The molecule has 3 amide bonds. The summed E-state index contributed by atoms with van der Waals surface area (Å²) in [6.07, 6.45) is 5.14. The van der Waals surface area contributed by atoms with E-state index in [1.807, 2.05) is 12.1 Å². The number of rotatable bonds is 3. The second-order valence-corrected chi connectivity index (χ2v) is 5.54. The average molecular weight is 290 g/mol. The third-order valence-electron chi connectivity index (χ3n) is 3.63. The topological polar surface area (TPSA) is 65.5 Å². The Morgan fingerprint density at radius 2 is 2.29 bits per heavy atom. The van der Waals surface area contributed by atoms with Gasteiger partial charge in [-0.25, -0.2) is 4.79 Å². The van der Waals surface area contributed by atoms with E-state index < -0.39 is 0 Å². The molecule has 1 N–H and O–H groups in total. The molecule has 6 heteroatoms. The maximum Gasteiger partial charge on any atom is 0.319 e. The first kappa shape index (κ1) is 15.3. The highest BCUT2D eigenvalue weighted by Crippen LogP contribution is 2.17. The SMILES string of the molecule is CN(C)C(=O)N1CCCC(C(=O)NCc2cccnc2)C1. The third-order valence-corrected chi connectivity index (χ3v) is 3.63. The number of amides is 3. The maximum atomic E-state index is 12.2. The van der Waals surface area contributed by atoms with Crippen molar-refractivity contribution in [3.63, 3.8) is 0 Å². The summed E-state index contributed by atoms with van der Waals surface area (Å²) in [5, 5.41) is 2.93. The van der Waals surface area contributed by atoms with Crippen LogP contribution in [0.1, 0.15) is 18.4 Å². The van der Waals surface area contributed by atoms with Crippen molar-refractivity contribution in [2.45, 2.75) is 19.4 Å². The Balaban J connectivity index is 1.86. The summed E-state index contributed by atoms with van der Waals surface area (Å²) >= 11 is 0. The van der Waals surface area contributed by atoms with E-state index in [0.29, 0.717) is 13.1 Å². The zero-order valence-electron chi connectivity index (χ0n) is 12.6. The molecular weight excluding hydrogens is 268 g/mol. The lowest BCUT2D eigenvalue weighted by Gasteiger charge is -2.33. The van der Waals surface area contributed by atoms with Gasteiger partial charge >= 0.3 is 6.03 Å². The molecule has 0 bridgehead atoms. The Bertz CT molecular complexity index is 490. The number of nitrogens with one attached hydrogen (secondary N) is 1. The van der Waals surface area contributed by atoms with Gasteiger partial charge in [-0.1, -0.05) is 6.07 Å². The van der Waals surface area contributed by atoms with Crippen LogP contribution < -0.4 is 5.32 Å².